The van der Waals surface area contributed by atoms with Gasteiger partial charge in [0.25, 0.3) is 5.91 Å². The van der Waals surface area contributed by atoms with E-state index in [1.807, 2.05) is 48.5 Å². The Labute approximate surface area is 196 Å². The predicted octanol–water partition coefficient (Wildman–Crippen LogP) is 3.44. The molecule has 1 aliphatic carbocycles. The molecule has 0 unspecified atom stereocenters. The number of urea groups is 1. The number of fused-ring (bicyclic) bond motifs is 2. The zero-order valence-corrected chi connectivity index (χ0v) is 18.7. The van der Waals surface area contributed by atoms with Crippen LogP contribution in [0.15, 0.2) is 48.5 Å². The Balaban J connectivity index is 1.47. The maximum atomic E-state index is 13.2. The molecule has 0 atom stereocenters. The van der Waals surface area contributed by atoms with Gasteiger partial charge in [0.05, 0.1) is 23.9 Å². The molecule has 1 aromatic heterocycles. The highest BCUT2D eigenvalue weighted by Gasteiger charge is 2.30. The number of hydrogen-bond donors (Lipinski definition) is 1. The lowest BCUT2D eigenvalue weighted by Crippen LogP contribution is -2.37. The van der Waals surface area contributed by atoms with Crippen LogP contribution in [0, 0.1) is 0 Å². The minimum atomic E-state index is -0.589. The topological polar surface area (TPSA) is 97.8 Å². The van der Waals surface area contributed by atoms with Crippen molar-refractivity contribution in [3.8, 4) is 5.75 Å². The molecule has 3 aromatic rings. The Morgan fingerprint density at radius 1 is 1.12 bits per heavy atom. The summed E-state index contributed by atoms with van der Waals surface area (Å²) in [5.41, 5.74) is 4.74. The molecular weight excluding hydrogens is 434 g/mol. The summed E-state index contributed by atoms with van der Waals surface area (Å²) in [6, 6.07) is 14.7. The van der Waals surface area contributed by atoms with E-state index in [0.717, 1.165) is 39.5 Å². The Hall–Kier alpha value is -4.20. The second-order valence-electron chi connectivity index (χ2n) is 8.13. The molecule has 0 saturated carbocycles. The summed E-state index contributed by atoms with van der Waals surface area (Å²) in [5.74, 6) is -0.351. The van der Waals surface area contributed by atoms with Gasteiger partial charge in [-0.3, -0.25) is 9.69 Å². The molecule has 2 aliphatic rings. The molecule has 5 rings (SSSR count). The molecule has 2 aromatic carbocycles. The van der Waals surface area contributed by atoms with Crippen molar-refractivity contribution in [2.75, 3.05) is 26.8 Å². The SMILES string of the molecule is COc1ccc(/C=C2\CCc3c2nc2ccccc2c3C(=O)OCC(=O)N2CCNC2=O)cc1. The van der Waals surface area contributed by atoms with E-state index in [2.05, 4.69) is 11.4 Å². The van der Waals surface area contributed by atoms with E-state index in [-0.39, 0.29) is 6.54 Å². The van der Waals surface area contributed by atoms with Gasteiger partial charge in [0.1, 0.15) is 5.75 Å². The van der Waals surface area contributed by atoms with E-state index < -0.39 is 24.5 Å². The fourth-order valence-electron chi connectivity index (χ4n) is 4.40. The molecule has 1 saturated heterocycles. The van der Waals surface area contributed by atoms with Crippen molar-refractivity contribution < 1.29 is 23.9 Å². The molecule has 3 amide bonds. The Morgan fingerprint density at radius 2 is 1.91 bits per heavy atom. The number of amides is 3. The zero-order valence-electron chi connectivity index (χ0n) is 18.7. The van der Waals surface area contributed by atoms with Crippen molar-refractivity contribution in [2.45, 2.75) is 12.8 Å². The number of esters is 1. The summed E-state index contributed by atoms with van der Waals surface area (Å²) in [6.07, 6.45) is 3.44. The molecule has 8 nitrogen and oxygen atoms in total. The summed E-state index contributed by atoms with van der Waals surface area (Å²) in [7, 11) is 1.63. The van der Waals surface area contributed by atoms with Crippen LogP contribution in [0.3, 0.4) is 0 Å². The van der Waals surface area contributed by atoms with E-state index >= 15 is 0 Å². The van der Waals surface area contributed by atoms with Gasteiger partial charge >= 0.3 is 12.0 Å². The zero-order chi connectivity index (χ0) is 23.7. The summed E-state index contributed by atoms with van der Waals surface area (Å²) < 4.78 is 10.6. The monoisotopic (exact) mass is 457 g/mol. The van der Waals surface area contributed by atoms with Gasteiger partial charge in [-0.1, -0.05) is 30.3 Å². The minimum Gasteiger partial charge on any atom is -0.497 e. The largest absolute Gasteiger partial charge is 0.497 e. The van der Waals surface area contributed by atoms with Crippen LogP contribution in [0.25, 0.3) is 22.6 Å². The van der Waals surface area contributed by atoms with Gasteiger partial charge in [0.2, 0.25) is 0 Å². The maximum Gasteiger partial charge on any atom is 0.339 e. The lowest BCUT2D eigenvalue weighted by molar-refractivity contribution is -0.130. The number of rotatable bonds is 5. The molecule has 34 heavy (non-hydrogen) atoms. The number of methoxy groups -OCH3 is 1. The number of carbonyl (C=O) groups excluding carboxylic acids is 3. The predicted molar refractivity (Wildman–Crippen MR) is 126 cm³/mol. The fraction of sp³-hybridized carbons (Fsp3) is 0.231. The van der Waals surface area contributed by atoms with Crippen LogP contribution in [-0.4, -0.2) is 54.6 Å². The second-order valence-corrected chi connectivity index (χ2v) is 8.13. The molecule has 1 N–H and O–H groups in total. The molecule has 1 fully saturated rings. The highest BCUT2D eigenvalue weighted by molar-refractivity contribution is 6.08. The number of benzene rings is 2. The summed E-state index contributed by atoms with van der Waals surface area (Å²) >= 11 is 0. The normalized spacial score (nSPS) is 16.0. The van der Waals surface area contributed by atoms with Crippen molar-refractivity contribution in [3.63, 3.8) is 0 Å². The molecule has 0 spiro atoms. The maximum absolute atomic E-state index is 13.2. The first-order chi connectivity index (χ1) is 16.5. The number of pyridine rings is 1. The van der Waals surface area contributed by atoms with Crippen LogP contribution in [0.2, 0.25) is 0 Å². The third-order valence-corrected chi connectivity index (χ3v) is 6.09. The standard InChI is InChI=1S/C26H23N3O5/c1-33-18-9-6-16(7-10-18)14-17-8-11-20-23(19-4-2-3-5-21(19)28-24(17)20)25(31)34-15-22(30)29-13-12-27-26(29)32/h2-7,9-10,14H,8,11-13,15H2,1H3,(H,27,32)/b17-14+. The van der Waals surface area contributed by atoms with Crippen LogP contribution in [0.5, 0.6) is 5.75 Å². The Morgan fingerprint density at radius 3 is 2.65 bits per heavy atom. The number of hydrogen-bond acceptors (Lipinski definition) is 6. The number of para-hydroxylation sites is 1. The van der Waals surface area contributed by atoms with Gasteiger partial charge in [0.15, 0.2) is 6.61 Å². The van der Waals surface area contributed by atoms with E-state index in [4.69, 9.17) is 14.5 Å². The first-order valence-electron chi connectivity index (χ1n) is 11.1. The summed E-state index contributed by atoms with van der Waals surface area (Å²) in [5, 5.41) is 3.25. The van der Waals surface area contributed by atoms with Gasteiger partial charge in [-0.2, -0.15) is 0 Å². The number of carbonyl (C=O) groups is 3. The van der Waals surface area contributed by atoms with Crippen molar-refractivity contribution in [1.29, 1.82) is 0 Å². The Kier molecular flexibility index (Phi) is 5.71. The van der Waals surface area contributed by atoms with E-state index in [1.165, 1.54) is 0 Å². The van der Waals surface area contributed by atoms with E-state index in [1.54, 1.807) is 7.11 Å². The molecular formula is C26H23N3O5. The smallest absolute Gasteiger partial charge is 0.339 e. The van der Waals surface area contributed by atoms with Crippen LogP contribution >= 0.6 is 0 Å². The lowest BCUT2D eigenvalue weighted by atomic mass is 10.0. The van der Waals surface area contributed by atoms with Crippen LogP contribution in [-0.2, 0) is 16.0 Å². The average molecular weight is 457 g/mol. The minimum absolute atomic E-state index is 0.266. The number of aromatic nitrogens is 1. The van der Waals surface area contributed by atoms with Crippen molar-refractivity contribution in [2.24, 2.45) is 0 Å². The van der Waals surface area contributed by atoms with Gasteiger partial charge in [-0.05, 0) is 53.8 Å². The van der Waals surface area contributed by atoms with Crippen LogP contribution in [0.1, 0.15) is 33.6 Å². The van der Waals surface area contributed by atoms with Crippen molar-refractivity contribution in [3.05, 3.63) is 70.9 Å². The molecule has 8 heteroatoms. The third kappa shape index (κ3) is 3.98. The van der Waals surface area contributed by atoms with E-state index in [9.17, 15) is 14.4 Å². The first-order valence-corrected chi connectivity index (χ1v) is 11.1. The summed E-state index contributed by atoms with van der Waals surface area (Å²) in [4.78, 5) is 43.2. The van der Waals surface area contributed by atoms with Crippen LogP contribution in [0.4, 0.5) is 4.79 Å². The second kappa shape index (κ2) is 8.97. The van der Waals surface area contributed by atoms with Crippen molar-refractivity contribution in [1.82, 2.24) is 15.2 Å². The molecule has 0 radical (unpaired) electrons. The molecule has 172 valence electrons. The fourth-order valence-corrected chi connectivity index (χ4v) is 4.40. The number of imide groups is 1. The van der Waals surface area contributed by atoms with Crippen LogP contribution < -0.4 is 10.1 Å². The quantitative estimate of drug-likeness (QED) is 0.590. The average Bonchev–Trinajstić information content (AvgIpc) is 3.47. The lowest BCUT2D eigenvalue weighted by Gasteiger charge is -2.14. The summed E-state index contributed by atoms with van der Waals surface area (Å²) in [6.45, 7) is 0.166. The van der Waals surface area contributed by atoms with E-state index in [0.29, 0.717) is 29.4 Å². The number of ether oxygens (including phenoxy) is 2. The highest BCUT2D eigenvalue weighted by Crippen LogP contribution is 2.38. The van der Waals surface area contributed by atoms with Gasteiger partial charge < -0.3 is 14.8 Å². The molecule has 2 heterocycles. The number of allylic oxidation sites excluding steroid dienone is 1. The third-order valence-electron chi connectivity index (χ3n) is 6.09. The highest BCUT2D eigenvalue weighted by atomic mass is 16.5. The van der Waals surface area contributed by atoms with Gasteiger partial charge in [-0.15, -0.1) is 0 Å². The van der Waals surface area contributed by atoms with Crippen molar-refractivity contribution >= 4 is 40.5 Å². The molecule has 1 aliphatic heterocycles. The molecule has 0 bridgehead atoms. The van der Waals surface area contributed by atoms with Gasteiger partial charge in [-0.25, -0.2) is 14.6 Å². The number of nitrogens with one attached hydrogen (secondary N) is 1. The van der Waals surface area contributed by atoms with Gasteiger partial charge in [0, 0.05) is 18.5 Å². The Bertz CT molecular complexity index is 1330. The first kappa shape index (κ1) is 21.6. The number of nitrogens with zero attached hydrogens (tertiary/aromatic N) is 2.